The Labute approximate surface area is 190 Å². The minimum atomic E-state index is -3.97. The number of sulfonamides is 1. The van der Waals surface area contributed by atoms with Crippen molar-refractivity contribution in [3.8, 4) is 0 Å². The van der Waals surface area contributed by atoms with Crippen LogP contribution in [0.25, 0.3) is 10.9 Å². The molecule has 1 aliphatic rings. The third kappa shape index (κ3) is 3.92. The maximum atomic E-state index is 14.0. The predicted octanol–water partition coefficient (Wildman–Crippen LogP) is 3.40. The second-order valence-electron chi connectivity index (χ2n) is 8.40. The Kier molecular flexibility index (Phi) is 5.26. The molecule has 1 aromatic heterocycles. The number of aryl methyl sites for hydroxylation is 2. The molecule has 0 saturated carbocycles. The smallest absolute Gasteiger partial charge is 0.307 e. The average molecular weight is 462 g/mol. The highest BCUT2D eigenvalue weighted by Gasteiger charge is 2.36. The number of nitrogens with zero attached hydrogens (tertiary/aromatic N) is 1. The first-order valence-electron chi connectivity index (χ1n) is 10.7. The van der Waals surface area contributed by atoms with Gasteiger partial charge in [-0.1, -0.05) is 54.1 Å². The van der Waals surface area contributed by atoms with Gasteiger partial charge in [0.05, 0.1) is 21.8 Å². The minimum absolute atomic E-state index is 0.0176. The van der Waals surface area contributed by atoms with Crippen molar-refractivity contribution >= 4 is 20.9 Å². The molecule has 0 radical (unpaired) electrons. The van der Waals surface area contributed by atoms with Crippen molar-refractivity contribution in [2.24, 2.45) is 0 Å². The van der Waals surface area contributed by atoms with Crippen LogP contribution >= 0.6 is 0 Å². The predicted molar refractivity (Wildman–Crippen MR) is 127 cm³/mol. The lowest BCUT2D eigenvalue weighted by atomic mass is 10.1. The molecule has 0 aliphatic heterocycles. The molecule has 0 fully saturated rings. The second kappa shape index (κ2) is 8.13. The number of aromatic nitrogens is 2. The van der Waals surface area contributed by atoms with Crippen molar-refractivity contribution in [1.29, 1.82) is 0 Å². The van der Waals surface area contributed by atoms with E-state index in [2.05, 4.69) is 9.97 Å². The summed E-state index contributed by atoms with van der Waals surface area (Å²) in [6, 6.07) is 19.7. The topological polar surface area (TPSA) is 103 Å². The monoisotopic (exact) mass is 461 g/mol. The lowest BCUT2D eigenvalue weighted by Crippen LogP contribution is -2.34. The first-order valence-corrected chi connectivity index (χ1v) is 12.2. The number of hydrogen-bond donors (Lipinski definition) is 2. The molecular formula is C25H23N3O4S. The molecule has 4 aromatic rings. The van der Waals surface area contributed by atoms with Gasteiger partial charge in [0.1, 0.15) is 0 Å². The molecule has 0 bridgehead atoms. The average Bonchev–Trinajstić information content (AvgIpc) is 3.22. The van der Waals surface area contributed by atoms with E-state index in [0.29, 0.717) is 11.9 Å². The van der Waals surface area contributed by atoms with Crippen molar-refractivity contribution in [2.45, 2.75) is 37.2 Å². The normalized spacial score (nSPS) is 15.8. The third-order valence-corrected chi connectivity index (χ3v) is 8.08. The van der Waals surface area contributed by atoms with Crippen LogP contribution in [0.1, 0.15) is 34.7 Å². The zero-order valence-electron chi connectivity index (χ0n) is 18.0. The van der Waals surface area contributed by atoms with Gasteiger partial charge < -0.3 is 4.98 Å². The van der Waals surface area contributed by atoms with Crippen LogP contribution in [0.3, 0.4) is 0 Å². The summed E-state index contributed by atoms with van der Waals surface area (Å²) in [6.45, 7) is 2.20. The van der Waals surface area contributed by atoms with Crippen molar-refractivity contribution < 1.29 is 8.42 Å². The maximum absolute atomic E-state index is 14.0. The Hall–Kier alpha value is -3.49. The number of hydrogen-bond acceptors (Lipinski definition) is 4. The van der Waals surface area contributed by atoms with Crippen molar-refractivity contribution in [3.05, 3.63) is 110 Å². The van der Waals surface area contributed by atoms with E-state index in [4.69, 9.17) is 0 Å². The van der Waals surface area contributed by atoms with Gasteiger partial charge in [0.2, 0.25) is 10.0 Å². The molecule has 3 aromatic carbocycles. The summed E-state index contributed by atoms with van der Waals surface area (Å²) in [5.74, 6) is 0. The molecule has 0 saturated heterocycles. The van der Waals surface area contributed by atoms with Crippen LogP contribution in [0, 0.1) is 6.92 Å². The highest BCUT2D eigenvalue weighted by molar-refractivity contribution is 7.89. The fraction of sp³-hybridized carbons (Fsp3) is 0.200. The summed E-state index contributed by atoms with van der Waals surface area (Å²) >= 11 is 0. The number of H-pyrrole nitrogens is 2. The Morgan fingerprint density at radius 3 is 2.52 bits per heavy atom. The number of rotatable bonds is 5. The first kappa shape index (κ1) is 21.4. The summed E-state index contributed by atoms with van der Waals surface area (Å²) in [5, 5.41) is 0.123. The highest BCUT2D eigenvalue weighted by atomic mass is 32.2. The quantitative estimate of drug-likeness (QED) is 0.475. The van der Waals surface area contributed by atoms with E-state index in [1.165, 1.54) is 22.5 Å². The van der Waals surface area contributed by atoms with E-state index in [9.17, 15) is 18.0 Å². The van der Waals surface area contributed by atoms with Gasteiger partial charge >= 0.3 is 5.69 Å². The fourth-order valence-corrected chi connectivity index (χ4v) is 6.16. The van der Waals surface area contributed by atoms with Crippen LogP contribution in [0.2, 0.25) is 0 Å². The minimum Gasteiger partial charge on any atom is -0.307 e. The van der Waals surface area contributed by atoms with Gasteiger partial charge in [-0.2, -0.15) is 4.31 Å². The zero-order chi connectivity index (χ0) is 23.2. The lowest BCUT2D eigenvalue weighted by molar-refractivity contribution is 0.316. The van der Waals surface area contributed by atoms with Gasteiger partial charge in [-0.05, 0) is 54.7 Å². The molecule has 1 unspecified atom stereocenters. The van der Waals surface area contributed by atoms with Crippen molar-refractivity contribution in [1.82, 2.24) is 14.3 Å². The molecule has 1 atom stereocenters. The van der Waals surface area contributed by atoms with Gasteiger partial charge in [0.15, 0.2) is 0 Å². The molecular weight excluding hydrogens is 438 g/mol. The van der Waals surface area contributed by atoms with Gasteiger partial charge in [-0.15, -0.1) is 0 Å². The Morgan fingerprint density at radius 1 is 0.970 bits per heavy atom. The van der Waals surface area contributed by atoms with Crippen LogP contribution in [-0.4, -0.2) is 22.7 Å². The second-order valence-corrected chi connectivity index (χ2v) is 10.3. The molecule has 5 rings (SSSR count). The summed E-state index contributed by atoms with van der Waals surface area (Å²) in [4.78, 5) is 28.6. The van der Waals surface area contributed by atoms with Crippen LogP contribution in [0.15, 0.2) is 81.2 Å². The van der Waals surface area contributed by atoms with Gasteiger partial charge in [0, 0.05) is 6.54 Å². The first-order chi connectivity index (χ1) is 15.8. The molecule has 33 heavy (non-hydrogen) atoms. The molecule has 1 heterocycles. The number of aromatic amines is 2. The Balaban J connectivity index is 1.64. The number of nitrogens with one attached hydrogen (secondary N) is 2. The van der Waals surface area contributed by atoms with Crippen LogP contribution in [0.4, 0.5) is 0 Å². The van der Waals surface area contributed by atoms with E-state index in [0.717, 1.165) is 28.7 Å². The molecule has 7 nitrogen and oxygen atoms in total. The molecule has 8 heteroatoms. The molecule has 1 aliphatic carbocycles. The SMILES string of the molecule is Cc1ccc(CN(C2CCc3ccccc32)S(=O)(=O)c2ccc3[nH]c(=O)[nH]c(=O)c3c2)cc1. The Morgan fingerprint density at radius 2 is 1.73 bits per heavy atom. The summed E-state index contributed by atoms with van der Waals surface area (Å²) in [5.41, 5.74) is 3.18. The van der Waals surface area contributed by atoms with Gasteiger partial charge in [0.25, 0.3) is 5.56 Å². The van der Waals surface area contributed by atoms with Gasteiger partial charge in [-0.25, -0.2) is 13.2 Å². The van der Waals surface area contributed by atoms with E-state index in [-0.39, 0.29) is 22.9 Å². The maximum Gasteiger partial charge on any atom is 0.326 e. The third-order valence-electron chi connectivity index (χ3n) is 6.23. The Bertz CT molecular complexity index is 1570. The molecule has 168 valence electrons. The number of fused-ring (bicyclic) bond motifs is 2. The molecule has 2 N–H and O–H groups in total. The van der Waals surface area contributed by atoms with Crippen LogP contribution in [-0.2, 0) is 23.0 Å². The zero-order valence-corrected chi connectivity index (χ0v) is 18.9. The van der Waals surface area contributed by atoms with Gasteiger partial charge in [-0.3, -0.25) is 9.78 Å². The van der Waals surface area contributed by atoms with E-state index in [1.807, 2.05) is 55.5 Å². The van der Waals surface area contributed by atoms with E-state index in [1.54, 1.807) is 0 Å². The van der Waals surface area contributed by atoms with Crippen LogP contribution < -0.4 is 11.2 Å². The summed E-state index contributed by atoms with van der Waals surface area (Å²) in [7, 11) is -3.97. The summed E-state index contributed by atoms with van der Waals surface area (Å²) in [6.07, 6.45) is 1.49. The van der Waals surface area contributed by atoms with E-state index < -0.39 is 21.3 Å². The highest BCUT2D eigenvalue weighted by Crippen LogP contribution is 2.39. The summed E-state index contributed by atoms with van der Waals surface area (Å²) < 4.78 is 29.5. The fourth-order valence-electron chi connectivity index (χ4n) is 4.51. The van der Waals surface area contributed by atoms with Crippen molar-refractivity contribution in [2.75, 3.05) is 0 Å². The largest absolute Gasteiger partial charge is 0.326 e. The van der Waals surface area contributed by atoms with E-state index >= 15 is 0 Å². The van der Waals surface area contributed by atoms with Crippen LogP contribution in [0.5, 0.6) is 0 Å². The lowest BCUT2D eigenvalue weighted by Gasteiger charge is -2.29. The molecule has 0 spiro atoms. The molecule has 0 amide bonds. The standard InChI is InChI=1S/C25H23N3O4S/c1-16-6-8-17(9-7-16)15-28(23-13-10-18-4-2-3-5-20(18)23)33(31,32)19-11-12-22-21(14-19)24(29)27-25(30)26-22/h2-9,11-12,14,23H,10,13,15H2,1H3,(H2,26,27,29,30). The van der Waals surface area contributed by atoms with Crippen molar-refractivity contribution in [3.63, 3.8) is 0 Å². The number of benzene rings is 3.